The summed E-state index contributed by atoms with van der Waals surface area (Å²) in [6.07, 6.45) is -4.99. The van der Waals surface area contributed by atoms with Crippen LogP contribution in [0.2, 0.25) is 0 Å². The fourth-order valence-electron chi connectivity index (χ4n) is 5.31. The lowest BCUT2D eigenvalue weighted by atomic mass is 10.0. The van der Waals surface area contributed by atoms with Gasteiger partial charge in [-0.15, -0.1) is 11.3 Å². The van der Waals surface area contributed by atoms with Gasteiger partial charge in [-0.05, 0) is 47.7 Å². The number of halogens is 5. The van der Waals surface area contributed by atoms with Crippen LogP contribution in [0.4, 0.5) is 33.7 Å². The summed E-state index contributed by atoms with van der Waals surface area (Å²) in [5, 5.41) is 17.8. The van der Waals surface area contributed by atoms with Crippen LogP contribution in [0.25, 0.3) is 21.3 Å². The van der Waals surface area contributed by atoms with Gasteiger partial charge in [0.1, 0.15) is 10.6 Å². The third-order valence-corrected chi connectivity index (χ3v) is 8.48. The molecule has 1 saturated carbocycles. The van der Waals surface area contributed by atoms with Crippen LogP contribution >= 0.6 is 11.3 Å². The number of ether oxygens (including phenoxy) is 1. The predicted molar refractivity (Wildman–Crippen MR) is 153 cm³/mol. The lowest BCUT2D eigenvalue weighted by molar-refractivity contribution is -0.126. The van der Waals surface area contributed by atoms with Gasteiger partial charge in [-0.3, -0.25) is 0 Å². The number of aliphatic hydroxyl groups excluding tert-OH is 1. The largest absolute Gasteiger partial charge is 0.494 e. The maximum absolute atomic E-state index is 13.9. The first-order valence-corrected chi connectivity index (χ1v) is 14.1. The Morgan fingerprint density at radius 2 is 1.81 bits per heavy atom. The highest BCUT2D eigenvalue weighted by Gasteiger charge is 2.37. The van der Waals surface area contributed by atoms with Crippen molar-refractivity contribution in [3.8, 4) is 16.9 Å². The molecule has 0 amide bonds. The van der Waals surface area contributed by atoms with Crippen LogP contribution in [0.1, 0.15) is 23.3 Å². The zero-order chi connectivity index (χ0) is 30.2. The zero-order valence-electron chi connectivity index (χ0n) is 23.1. The first-order chi connectivity index (χ1) is 20.0. The number of anilines is 2. The predicted octanol–water partition coefficient (Wildman–Crippen LogP) is 5.91. The second kappa shape index (κ2) is 12.0. The van der Waals surface area contributed by atoms with Crippen LogP contribution in [-0.4, -0.2) is 60.6 Å². The number of nitrogens with zero attached hydrogens (tertiary/aromatic N) is 3. The van der Waals surface area contributed by atoms with E-state index in [1.54, 1.807) is 14.1 Å². The minimum absolute atomic E-state index is 0.0213. The van der Waals surface area contributed by atoms with Gasteiger partial charge in [0.15, 0.2) is 11.6 Å². The summed E-state index contributed by atoms with van der Waals surface area (Å²) >= 11 is 0.983. The molecule has 2 heterocycles. The molecule has 13 heteroatoms. The zero-order valence-corrected chi connectivity index (χ0v) is 23.9. The molecule has 4 aromatic rings. The molecule has 0 aliphatic heterocycles. The number of aliphatic hydroxyl groups is 1. The smallest absolute Gasteiger partial charge is 0.393 e. The first kappa shape index (κ1) is 29.9. The monoisotopic (exact) mass is 607 g/mol. The number of benzene rings is 2. The minimum atomic E-state index is -4.33. The average Bonchev–Trinajstić information content (AvgIpc) is 3.53. The van der Waals surface area contributed by atoms with Crippen molar-refractivity contribution in [2.45, 2.75) is 50.2 Å². The average molecular weight is 608 g/mol. The molecule has 3 atom stereocenters. The Morgan fingerprint density at radius 1 is 1.07 bits per heavy atom. The summed E-state index contributed by atoms with van der Waals surface area (Å²) in [7, 11) is 4.70. The molecule has 0 bridgehead atoms. The fraction of sp³-hybridized carbons (Fsp3) is 0.379. The Balaban J connectivity index is 1.26. The van der Waals surface area contributed by atoms with Crippen molar-refractivity contribution in [1.82, 2.24) is 15.3 Å². The lowest BCUT2D eigenvalue weighted by Crippen LogP contribution is -2.38. The van der Waals surface area contributed by atoms with Crippen molar-refractivity contribution in [2.24, 2.45) is 0 Å². The molecule has 1 aliphatic rings. The Labute approximate surface area is 243 Å². The Bertz CT molecular complexity index is 1560. The van der Waals surface area contributed by atoms with Gasteiger partial charge >= 0.3 is 6.18 Å². The quantitative estimate of drug-likeness (QED) is 0.204. The maximum atomic E-state index is 13.9. The summed E-state index contributed by atoms with van der Waals surface area (Å²) in [4.78, 5) is 11.3. The highest BCUT2D eigenvalue weighted by atomic mass is 32.1. The van der Waals surface area contributed by atoms with Crippen LogP contribution in [0, 0.1) is 11.6 Å². The number of alkyl halides is 3. The molecule has 0 radical (unpaired) electrons. The second-order valence-corrected chi connectivity index (χ2v) is 11.4. The Kier molecular flexibility index (Phi) is 8.53. The van der Waals surface area contributed by atoms with Crippen molar-refractivity contribution in [3.63, 3.8) is 0 Å². The molecule has 2 aromatic carbocycles. The molecule has 5 rings (SSSR count). The van der Waals surface area contributed by atoms with E-state index in [0.29, 0.717) is 46.5 Å². The van der Waals surface area contributed by atoms with E-state index < -0.39 is 30.3 Å². The summed E-state index contributed by atoms with van der Waals surface area (Å²) in [6.45, 7) is 0.516. The Hall–Kier alpha value is -3.55. The van der Waals surface area contributed by atoms with Gasteiger partial charge in [-0.2, -0.15) is 22.5 Å². The molecule has 1 aliphatic carbocycles. The summed E-state index contributed by atoms with van der Waals surface area (Å²) in [6, 6.07) is 11.1. The molecule has 1 fully saturated rings. The number of nitrogens with one attached hydrogen (secondary N) is 2. The first-order valence-electron chi connectivity index (χ1n) is 13.3. The second-order valence-electron chi connectivity index (χ2n) is 10.3. The number of hydrogen-bond donors (Lipinski definition) is 3. The van der Waals surface area contributed by atoms with Crippen LogP contribution < -0.4 is 20.3 Å². The minimum Gasteiger partial charge on any atom is -0.494 e. The van der Waals surface area contributed by atoms with E-state index in [4.69, 9.17) is 4.74 Å². The lowest BCUT2D eigenvalue weighted by Gasteiger charge is -2.29. The fourth-order valence-corrected chi connectivity index (χ4v) is 6.36. The molecule has 42 heavy (non-hydrogen) atoms. The summed E-state index contributed by atoms with van der Waals surface area (Å²) < 4.78 is 71.8. The van der Waals surface area contributed by atoms with Gasteiger partial charge < -0.3 is 25.4 Å². The van der Waals surface area contributed by atoms with Crippen molar-refractivity contribution >= 4 is 33.3 Å². The molecule has 7 nitrogen and oxygen atoms in total. The van der Waals surface area contributed by atoms with E-state index in [1.165, 1.54) is 19.2 Å². The van der Waals surface area contributed by atoms with Gasteiger partial charge in [-0.1, -0.05) is 24.3 Å². The molecule has 224 valence electrons. The molecular formula is C29H30F5N5O2S. The number of rotatable bonds is 9. The standard InChI is InChI=1S/C29H30F5N5O2S/c1-35-28-37-26(20-12-19(13-29(32,33)34)42-27(20)38-28)39(2)22-10-18(11-23(22)40)36-14-15-4-6-16(7-5-15)17-8-21(30)25(31)24(9-17)41-3/h4-9,12,18,22-23,36,40H,10-11,13-14H2,1-3H3,(H,35,37,38)/t18-,22+,23-/m1/s1. The topological polar surface area (TPSA) is 82.5 Å². The van der Waals surface area contributed by atoms with Gasteiger partial charge in [0.25, 0.3) is 0 Å². The number of methoxy groups -OCH3 is 1. The Morgan fingerprint density at radius 3 is 2.48 bits per heavy atom. The van der Waals surface area contributed by atoms with E-state index in [0.717, 1.165) is 23.0 Å². The van der Waals surface area contributed by atoms with E-state index in [9.17, 15) is 27.1 Å². The van der Waals surface area contributed by atoms with Gasteiger partial charge in [0.2, 0.25) is 11.8 Å². The van der Waals surface area contributed by atoms with E-state index in [2.05, 4.69) is 20.6 Å². The SMILES string of the molecule is CNc1nc(N(C)[C@H]2C[C@@H](NCc3ccc(-c4cc(F)c(F)c(OC)c4)cc3)C[C@H]2O)c2cc(CC(F)(F)F)sc2n1. The highest BCUT2D eigenvalue weighted by Crippen LogP contribution is 2.37. The number of thiophene rings is 1. The van der Waals surface area contributed by atoms with Crippen LogP contribution in [0.5, 0.6) is 5.75 Å². The third kappa shape index (κ3) is 6.42. The van der Waals surface area contributed by atoms with Gasteiger partial charge in [0, 0.05) is 31.6 Å². The van der Waals surface area contributed by atoms with Crippen LogP contribution in [0.15, 0.2) is 42.5 Å². The van der Waals surface area contributed by atoms with Crippen molar-refractivity contribution in [2.75, 3.05) is 31.4 Å². The normalized spacial score (nSPS) is 18.9. The van der Waals surface area contributed by atoms with Gasteiger partial charge in [-0.25, -0.2) is 9.37 Å². The van der Waals surface area contributed by atoms with E-state index in [-0.39, 0.29) is 28.7 Å². The number of likely N-dealkylation sites (N-methyl/N-ethyl adjacent to an activating group) is 1. The highest BCUT2D eigenvalue weighted by molar-refractivity contribution is 7.18. The van der Waals surface area contributed by atoms with Gasteiger partial charge in [0.05, 0.1) is 31.1 Å². The van der Waals surface area contributed by atoms with Crippen molar-refractivity contribution in [1.29, 1.82) is 0 Å². The molecule has 0 spiro atoms. The van der Waals surface area contributed by atoms with Crippen LogP contribution in [-0.2, 0) is 13.0 Å². The molecule has 2 aromatic heterocycles. The summed E-state index contributed by atoms with van der Waals surface area (Å²) in [5.74, 6) is -1.43. The third-order valence-electron chi connectivity index (χ3n) is 7.45. The van der Waals surface area contributed by atoms with Crippen molar-refractivity contribution < 1.29 is 31.8 Å². The number of aromatic nitrogens is 2. The number of fused-ring (bicyclic) bond motifs is 1. The molecule has 0 saturated heterocycles. The summed E-state index contributed by atoms with van der Waals surface area (Å²) in [5.41, 5.74) is 2.16. The van der Waals surface area contributed by atoms with Crippen LogP contribution in [0.3, 0.4) is 0 Å². The van der Waals surface area contributed by atoms with Crippen molar-refractivity contribution in [3.05, 3.63) is 64.5 Å². The number of hydrogen-bond acceptors (Lipinski definition) is 8. The maximum Gasteiger partial charge on any atom is 0.393 e. The molecule has 3 N–H and O–H groups in total. The molecule has 0 unspecified atom stereocenters. The molecular weight excluding hydrogens is 577 g/mol. The van der Waals surface area contributed by atoms with E-state index in [1.807, 2.05) is 29.2 Å². The van der Waals surface area contributed by atoms with E-state index >= 15 is 0 Å².